The molecular formula is C25H30N2O4. The molecule has 0 spiro atoms. The molecule has 4 saturated carbocycles. The predicted octanol–water partition coefficient (Wildman–Crippen LogP) is 3.92. The number of aromatic amines is 1. The van der Waals surface area contributed by atoms with E-state index in [0.717, 1.165) is 35.9 Å². The second-order valence-electron chi connectivity index (χ2n) is 10.1. The number of hydrogen-bond donors (Lipinski definition) is 2. The SMILES string of the molecule is Cc1[nH]c2ccccc2c1C(=O)COC(=O)[C@H](C)NC(=O)C12CC3CC(CC(C3)C1)C2. The van der Waals surface area contributed by atoms with Crippen molar-refractivity contribution in [2.45, 2.75) is 58.4 Å². The highest BCUT2D eigenvalue weighted by Crippen LogP contribution is 2.60. The van der Waals surface area contributed by atoms with Crippen molar-refractivity contribution in [2.24, 2.45) is 23.2 Å². The molecule has 0 aliphatic heterocycles. The fourth-order valence-electron chi connectivity index (χ4n) is 6.77. The van der Waals surface area contributed by atoms with E-state index in [4.69, 9.17) is 4.74 Å². The van der Waals surface area contributed by atoms with Crippen LogP contribution in [-0.2, 0) is 14.3 Å². The van der Waals surface area contributed by atoms with Gasteiger partial charge in [0, 0.05) is 27.6 Å². The maximum atomic E-state index is 13.1. The van der Waals surface area contributed by atoms with E-state index < -0.39 is 12.0 Å². The van der Waals surface area contributed by atoms with E-state index in [9.17, 15) is 14.4 Å². The number of fused-ring (bicyclic) bond motifs is 1. The van der Waals surface area contributed by atoms with Crippen molar-refractivity contribution in [1.82, 2.24) is 10.3 Å². The Kier molecular flexibility index (Phi) is 4.91. The van der Waals surface area contributed by atoms with Crippen LogP contribution < -0.4 is 5.32 Å². The maximum Gasteiger partial charge on any atom is 0.328 e. The number of aromatic nitrogens is 1. The second-order valence-corrected chi connectivity index (χ2v) is 10.1. The number of hydrogen-bond acceptors (Lipinski definition) is 4. The molecule has 6 rings (SSSR count). The number of aryl methyl sites for hydroxylation is 1. The first-order valence-electron chi connectivity index (χ1n) is 11.4. The van der Waals surface area contributed by atoms with Gasteiger partial charge in [0.1, 0.15) is 6.04 Å². The quantitative estimate of drug-likeness (QED) is 0.545. The smallest absolute Gasteiger partial charge is 0.328 e. The summed E-state index contributed by atoms with van der Waals surface area (Å²) in [5.74, 6) is 1.17. The number of nitrogens with one attached hydrogen (secondary N) is 2. The lowest BCUT2D eigenvalue weighted by Crippen LogP contribution is -2.56. The molecule has 4 aliphatic rings. The minimum Gasteiger partial charge on any atom is -0.456 e. The molecule has 2 N–H and O–H groups in total. The number of carbonyl (C=O) groups excluding carboxylic acids is 3. The van der Waals surface area contributed by atoms with E-state index in [-0.39, 0.29) is 23.7 Å². The van der Waals surface area contributed by atoms with Crippen LogP contribution in [0.2, 0.25) is 0 Å². The average molecular weight is 423 g/mol. The fourth-order valence-corrected chi connectivity index (χ4v) is 6.77. The van der Waals surface area contributed by atoms with Gasteiger partial charge in [-0.2, -0.15) is 0 Å². The van der Waals surface area contributed by atoms with Crippen molar-refractivity contribution >= 4 is 28.6 Å². The summed E-state index contributed by atoms with van der Waals surface area (Å²) in [7, 11) is 0. The Bertz CT molecular complexity index is 1020. The van der Waals surface area contributed by atoms with Gasteiger partial charge in [-0.1, -0.05) is 18.2 Å². The molecule has 0 radical (unpaired) electrons. The molecule has 6 nitrogen and oxygen atoms in total. The molecule has 4 bridgehead atoms. The molecule has 6 heteroatoms. The summed E-state index contributed by atoms with van der Waals surface area (Å²) < 4.78 is 5.30. The van der Waals surface area contributed by atoms with Crippen molar-refractivity contribution in [1.29, 1.82) is 0 Å². The number of ether oxygens (including phenoxy) is 1. The lowest BCUT2D eigenvalue weighted by molar-refractivity contribution is -0.153. The molecule has 0 saturated heterocycles. The van der Waals surface area contributed by atoms with E-state index in [0.29, 0.717) is 23.3 Å². The lowest BCUT2D eigenvalue weighted by atomic mass is 9.49. The standard InChI is InChI=1S/C25H30N2O4/c1-14-22(19-5-3-4-6-20(19)26-14)21(28)13-31-23(29)15(2)27-24(30)25-10-16-7-17(11-25)9-18(8-16)12-25/h3-6,15-18,26H,7-13H2,1-2H3,(H,27,30)/t15-,16?,17?,18?,25?/m0/s1. The molecular weight excluding hydrogens is 392 g/mol. The average Bonchev–Trinajstić information content (AvgIpc) is 3.06. The Morgan fingerprint density at radius 2 is 1.71 bits per heavy atom. The van der Waals surface area contributed by atoms with Gasteiger partial charge < -0.3 is 15.0 Å². The van der Waals surface area contributed by atoms with Crippen LogP contribution in [0.1, 0.15) is 61.5 Å². The molecule has 164 valence electrons. The van der Waals surface area contributed by atoms with Crippen LogP contribution in [0.25, 0.3) is 10.9 Å². The van der Waals surface area contributed by atoms with E-state index >= 15 is 0 Å². The largest absolute Gasteiger partial charge is 0.456 e. The van der Waals surface area contributed by atoms with Crippen LogP contribution >= 0.6 is 0 Å². The number of esters is 1. The zero-order valence-electron chi connectivity index (χ0n) is 18.2. The van der Waals surface area contributed by atoms with Gasteiger partial charge in [-0.25, -0.2) is 4.79 Å². The van der Waals surface area contributed by atoms with Crippen LogP contribution in [0.3, 0.4) is 0 Å². The topological polar surface area (TPSA) is 88.3 Å². The Morgan fingerprint density at radius 3 is 2.35 bits per heavy atom. The Labute approximate surface area is 182 Å². The monoisotopic (exact) mass is 422 g/mol. The molecule has 4 aliphatic carbocycles. The number of carbonyl (C=O) groups is 3. The minimum absolute atomic E-state index is 0.00477. The van der Waals surface area contributed by atoms with E-state index in [1.54, 1.807) is 6.92 Å². The summed E-state index contributed by atoms with van der Waals surface area (Å²) in [4.78, 5) is 41.6. The van der Waals surface area contributed by atoms with Gasteiger partial charge in [-0.15, -0.1) is 0 Å². The van der Waals surface area contributed by atoms with Crippen LogP contribution in [0.4, 0.5) is 0 Å². The zero-order valence-corrected chi connectivity index (χ0v) is 18.2. The summed E-state index contributed by atoms with van der Waals surface area (Å²) >= 11 is 0. The van der Waals surface area contributed by atoms with Gasteiger partial charge in [0.2, 0.25) is 11.7 Å². The third-order valence-electron chi connectivity index (χ3n) is 7.74. The van der Waals surface area contributed by atoms with Gasteiger partial charge in [0.25, 0.3) is 0 Å². The molecule has 1 aromatic heterocycles. The van der Waals surface area contributed by atoms with Crippen LogP contribution in [0, 0.1) is 30.1 Å². The van der Waals surface area contributed by atoms with Crippen molar-refractivity contribution in [3.63, 3.8) is 0 Å². The highest BCUT2D eigenvalue weighted by atomic mass is 16.5. The normalized spacial score (nSPS) is 29.7. The summed E-state index contributed by atoms with van der Waals surface area (Å²) in [6.07, 6.45) is 6.64. The van der Waals surface area contributed by atoms with Crippen molar-refractivity contribution in [3.05, 3.63) is 35.5 Å². The third kappa shape index (κ3) is 3.56. The van der Waals surface area contributed by atoms with E-state index in [2.05, 4.69) is 10.3 Å². The first-order valence-corrected chi connectivity index (χ1v) is 11.4. The summed E-state index contributed by atoms with van der Waals surface area (Å²) in [6, 6.07) is 6.80. The Balaban J connectivity index is 1.19. The van der Waals surface area contributed by atoms with Gasteiger partial charge in [-0.05, 0) is 76.2 Å². The molecule has 0 unspecified atom stereocenters. The van der Waals surface area contributed by atoms with Gasteiger partial charge in [-0.3, -0.25) is 9.59 Å². The molecule has 4 fully saturated rings. The van der Waals surface area contributed by atoms with Crippen LogP contribution in [0.15, 0.2) is 24.3 Å². The van der Waals surface area contributed by atoms with Crippen LogP contribution in [0.5, 0.6) is 0 Å². The molecule has 1 aromatic carbocycles. The number of ketones is 1. The highest BCUT2D eigenvalue weighted by molar-refractivity contribution is 6.10. The number of benzene rings is 1. The van der Waals surface area contributed by atoms with E-state index in [1.807, 2.05) is 31.2 Å². The Hall–Kier alpha value is -2.63. The zero-order chi connectivity index (χ0) is 21.8. The molecule has 1 atom stereocenters. The fraction of sp³-hybridized carbons (Fsp3) is 0.560. The summed E-state index contributed by atoms with van der Waals surface area (Å²) in [5.41, 5.74) is 1.88. The summed E-state index contributed by atoms with van der Waals surface area (Å²) in [6.45, 7) is 3.14. The molecule has 1 heterocycles. The molecule has 31 heavy (non-hydrogen) atoms. The molecule has 2 aromatic rings. The van der Waals surface area contributed by atoms with Crippen LogP contribution in [-0.4, -0.2) is 35.3 Å². The third-order valence-corrected chi connectivity index (χ3v) is 7.74. The van der Waals surface area contributed by atoms with Gasteiger partial charge in [0.15, 0.2) is 6.61 Å². The maximum absolute atomic E-state index is 13.1. The van der Waals surface area contributed by atoms with Gasteiger partial charge in [0.05, 0.1) is 0 Å². The number of H-pyrrole nitrogens is 1. The highest BCUT2D eigenvalue weighted by Gasteiger charge is 2.54. The predicted molar refractivity (Wildman–Crippen MR) is 117 cm³/mol. The second kappa shape index (κ2) is 7.50. The lowest BCUT2D eigenvalue weighted by Gasteiger charge is -2.55. The summed E-state index contributed by atoms with van der Waals surface area (Å²) in [5, 5.41) is 3.73. The van der Waals surface area contributed by atoms with Crippen molar-refractivity contribution in [2.75, 3.05) is 6.61 Å². The Morgan fingerprint density at radius 1 is 1.10 bits per heavy atom. The van der Waals surface area contributed by atoms with E-state index in [1.165, 1.54) is 19.3 Å². The van der Waals surface area contributed by atoms with Crippen molar-refractivity contribution < 1.29 is 19.1 Å². The number of rotatable bonds is 6. The number of Topliss-reactive ketones (excluding diaryl/α,β-unsaturated/α-hetero) is 1. The first-order chi connectivity index (χ1) is 14.8. The van der Waals surface area contributed by atoms with Crippen molar-refractivity contribution in [3.8, 4) is 0 Å². The minimum atomic E-state index is -0.766. The molecule has 1 amide bonds. The number of para-hydroxylation sites is 1. The number of amides is 1. The first kappa shape index (κ1) is 20.3. The van der Waals surface area contributed by atoms with Gasteiger partial charge >= 0.3 is 5.97 Å².